The molecule has 0 N–H and O–H groups in total. The van der Waals surface area contributed by atoms with Gasteiger partial charge in [-0.2, -0.15) is 0 Å². The maximum absolute atomic E-state index is 13.1. The van der Waals surface area contributed by atoms with Crippen molar-refractivity contribution in [2.45, 2.75) is 82.6 Å². The Kier molecular flexibility index (Phi) is 4.71. The van der Waals surface area contributed by atoms with Gasteiger partial charge in [0.2, 0.25) is 0 Å². The number of hydrogen-bond acceptors (Lipinski definition) is 3. The average Bonchev–Trinajstić information content (AvgIpc) is 3.22. The lowest BCUT2D eigenvalue weighted by atomic mass is 9.56. The van der Waals surface area contributed by atoms with Crippen molar-refractivity contribution in [3.8, 4) is 0 Å². The van der Waals surface area contributed by atoms with Crippen LogP contribution in [-0.2, 0) is 11.3 Å². The van der Waals surface area contributed by atoms with Crippen LogP contribution in [0.5, 0.6) is 0 Å². The van der Waals surface area contributed by atoms with Gasteiger partial charge in [-0.1, -0.05) is 0 Å². The van der Waals surface area contributed by atoms with E-state index >= 15 is 0 Å². The van der Waals surface area contributed by atoms with Crippen LogP contribution >= 0.6 is 11.8 Å². The molecule has 1 aromatic heterocycles. The van der Waals surface area contributed by atoms with Gasteiger partial charge in [0.25, 0.3) is 0 Å². The van der Waals surface area contributed by atoms with Crippen LogP contribution < -0.4 is 0 Å². The van der Waals surface area contributed by atoms with Crippen molar-refractivity contribution in [2.75, 3.05) is 12.4 Å². The van der Waals surface area contributed by atoms with Gasteiger partial charge in [0.05, 0.1) is 11.9 Å². The minimum Gasteiger partial charge on any atom is -0.376 e. The molecule has 5 fully saturated rings. The normalized spacial score (nSPS) is 37.3. The molecule has 4 saturated carbocycles. The number of thioether (sulfide) groups is 1. The zero-order valence-corrected chi connectivity index (χ0v) is 17.7. The molecule has 1 aromatic rings. The molecule has 4 heteroatoms. The summed E-state index contributed by atoms with van der Waals surface area (Å²) in [5, 5.41) is 0. The first-order valence-corrected chi connectivity index (χ1v) is 12.0. The number of rotatable bonds is 6. The van der Waals surface area contributed by atoms with Crippen molar-refractivity contribution in [1.29, 1.82) is 0 Å². The molecule has 27 heavy (non-hydrogen) atoms. The summed E-state index contributed by atoms with van der Waals surface area (Å²) < 4.78 is 8.54. The number of Topliss-reactive ketones (excluding diaryl/α,β-unsaturated/α-hetero) is 1. The third-order valence-electron chi connectivity index (χ3n) is 7.78. The number of ether oxygens (including phenoxy) is 1. The Bertz CT molecular complexity index is 696. The second kappa shape index (κ2) is 6.95. The average molecular weight is 388 g/mol. The van der Waals surface area contributed by atoms with Gasteiger partial charge in [-0.25, -0.2) is 0 Å². The monoisotopic (exact) mass is 387 g/mol. The standard InChI is InChI=1S/C23H33NO2S/c1-15-6-21(16(2)24(15)13-20-4-3-5-26-20)22(25)14-27-23-10-17-7-18(11-23)9-19(8-17)12-23/h6,17-20H,3-5,7-14H2,1-2H3/t17?,18?,19?,20-,23?/m0/s1. The first-order chi connectivity index (χ1) is 13.0. The fraction of sp³-hybridized carbons (Fsp3) is 0.783. The molecule has 1 atom stereocenters. The second-order valence-corrected chi connectivity index (χ2v) is 11.3. The summed E-state index contributed by atoms with van der Waals surface area (Å²) in [5.74, 6) is 3.86. The van der Waals surface area contributed by atoms with Crippen LogP contribution in [0.25, 0.3) is 0 Å². The molecule has 0 amide bonds. The Labute approximate surface area is 167 Å². The quantitative estimate of drug-likeness (QED) is 0.631. The number of nitrogens with zero attached hydrogens (tertiary/aromatic N) is 1. The number of aromatic nitrogens is 1. The lowest BCUT2D eigenvalue weighted by Crippen LogP contribution is -2.48. The van der Waals surface area contributed by atoms with Crippen LogP contribution in [0.1, 0.15) is 73.1 Å². The Hall–Kier alpha value is -0.740. The van der Waals surface area contributed by atoms with E-state index in [-0.39, 0.29) is 0 Å². The molecule has 4 aliphatic carbocycles. The van der Waals surface area contributed by atoms with Gasteiger partial charge in [-0.15, -0.1) is 11.8 Å². The van der Waals surface area contributed by atoms with Gasteiger partial charge in [0.15, 0.2) is 5.78 Å². The fourth-order valence-corrected chi connectivity index (χ4v) is 8.51. The predicted octanol–water partition coefficient (Wildman–Crippen LogP) is 5.17. The zero-order valence-electron chi connectivity index (χ0n) is 16.8. The predicted molar refractivity (Wildman–Crippen MR) is 111 cm³/mol. The number of hydrogen-bond donors (Lipinski definition) is 0. The minimum absolute atomic E-state index is 0.319. The lowest BCUT2D eigenvalue weighted by molar-refractivity contribution is 0.0383. The fourth-order valence-electron chi connectivity index (χ4n) is 6.86. The van der Waals surface area contributed by atoms with E-state index in [4.69, 9.17) is 4.74 Å². The molecule has 1 aliphatic heterocycles. The molecule has 4 bridgehead atoms. The van der Waals surface area contributed by atoms with Gasteiger partial charge < -0.3 is 9.30 Å². The molecule has 0 radical (unpaired) electrons. The summed E-state index contributed by atoms with van der Waals surface area (Å²) in [7, 11) is 0. The molecule has 0 aromatic carbocycles. The van der Waals surface area contributed by atoms with Crippen molar-refractivity contribution >= 4 is 17.5 Å². The van der Waals surface area contributed by atoms with Gasteiger partial charge in [-0.05, 0) is 89.0 Å². The van der Waals surface area contributed by atoms with Gasteiger partial charge in [-0.3, -0.25) is 4.79 Å². The van der Waals surface area contributed by atoms with E-state index < -0.39 is 0 Å². The molecule has 1 saturated heterocycles. The topological polar surface area (TPSA) is 31.2 Å². The molecule has 0 unspecified atom stereocenters. The van der Waals surface area contributed by atoms with Gasteiger partial charge in [0.1, 0.15) is 0 Å². The zero-order chi connectivity index (χ0) is 18.6. The highest BCUT2D eigenvalue weighted by Gasteiger charge is 2.51. The van der Waals surface area contributed by atoms with Crippen molar-refractivity contribution < 1.29 is 9.53 Å². The molecule has 2 heterocycles. The van der Waals surface area contributed by atoms with Crippen molar-refractivity contribution in [3.05, 3.63) is 23.0 Å². The van der Waals surface area contributed by atoms with E-state index in [1.54, 1.807) is 0 Å². The van der Waals surface area contributed by atoms with E-state index in [1.807, 2.05) is 11.8 Å². The van der Waals surface area contributed by atoms with E-state index in [1.165, 1.54) is 44.2 Å². The summed E-state index contributed by atoms with van der Waals surface area (Å²) in [6.07, 6.45) is 11.1. The summed E-state index contributed by atoms with van der Waals surface area (Å²) in [6, 6.07) is 2.12. The SMILES string of the molecule is Cc1cc(C(=O)CSC23CC4CC(CC(C4)C2)C3)c(C)n1C[C@@H]1CCCO1. The Morgan fingerprint density at radius 3 is 2.44 bits per heavy atom. The number of carbonyl (C=O) groups excluding carboxylic acids is 1. The van der Waals surface area contributed by atoms with Crippen molar-refractivity contribution in [1.82, 2.24) is 4.57 Å². The van der Waals surface area contributed by atoms with Gasteiger partial charge in [0, 0.05) is 34.8 Å². The smallest absolute Gasteiger partial charge is 0.174 e. The second-order valence-electron chi connectivity index (χ2n) is 9.84. The Balaban J connectivity index is 1.26. The molecule has 6 rings (SSSR count). The number of ketones is 1. The Morgan fingerprint density at radius 2 is 1.85 bits per heavy atom. The molecule has 148 valence electrons. The molecular formula is C23H33NO2S. The van der Waals surface area contributed by atoms with E-state index in [0.29, 0.717) is 22.4 Å². The first kappa shape index (κ1) is 18.3. The lowest BCUT2D eigenvalue weighted by Gasteiger charge is -2.56. The number of aryl methyl sites for hydroxylation is 1. The van der Waals surface area contributed by atoms with E-state index in [0.717, 1.165) is 55.0 Å². The van der Waals surface area contributed by atoms with E-state index in [9.17, 15) is 4.79 Å². The van der Waals surface area contributed by atoms with Crippen LogP contribution in [0.15, 0.2) is 6.07 Å². The van der Waals surface area contributed by atoms with Crippen LogP contribution in [0, 0.1) is 31.6 Å². The molecule has 0 spiro atoms. The minimum atomic E-state index is 0.319. The Morgan fingerprint density at radius 1 is 1.19 bits per heavy atom. The first-order valence-electron chi connectivity index (χ1n) is 11.0. The van der Waals surface area contributed by atoms with Crippen molar-refractivity contribution in [2.24, 2.45) is 17.8 Å². The van der Waals surface area contributed by atoms with E-state index in [2.05, 4.69) is 24.5 Å². The van der Waals surface area contributed by atoms with Crippen LogP contribution in [0.3, 0.4) is 0 Å². The largest absolute Gasteiger partial charge is 0.376 e. The van der Waals surface area contributed by atoms with Crippen LogP contribution in [0.4, 0.5) is 0 Å². The number of carbonyl (C=O) groups is 1. The highest BCUT2D eigenvalue weighted by Crippen LogP contribution is 2.60. The highest BCUT2D eigenvalue weighted by molar-refractivity contribution is 8.01. The molecule has 5 aliphatic rings. The maximum atomic E-state index is 13.1. The summed E-state index contributed by atoms with van der Waals surface area (Å²) >= 11 is 2.01. The van der Waals surface area contributed by atoms with Gasteiger partial charge >= 0.3 is 0 Å². The third kappa shape index (κ3) is 3.42. The summed E-state index contributed by atoms with van der Waals surface area (Å²) in [5.41, 5.74) is 3.29. The highest BCUT2D eigenvalue weighted by atomic mass is 32.2. The third-order valence-corrected chi connectivity index (χ3v) is 9.29. The maximum Gasteiger partial charge on any atom is 0.174 e. The molecular weight excluding hydrogens is 354 g/mol. The van der Waals surface area contributed by atoms with Crippen LogP contribution in [-0.4, -0.2) is 33.6 Å². The summed E-state index contributed by atoms with van der Waals surface area (Å²) in [4.78, 5) is 13.1. The summed E-state index contributed by atoms with van der Waals surface area (Å²) in [6.45, 7) is 6.03. The van der Waals surface area contributed by atoms with Crippen LogP contribution in [0.2, 0.25) is 0 Å². The van der Waals surface area contributed by atoms with Crippen molar-refractivity contribution in [3.63, 3.8) is 0 Å². The molecule has 3 nitrogen and oxygen atoms in total.